The lowest BCUT2D eigenvalue weighted by Gasteiger charge is -2.16. The molecule has 0 amide bonds. The SMILES string of the molecule is CCC(C)CCCC(C)CCC[C](C)Oc1ccccc1. The summed E-state index contributed by atoms with van der Waals surface area (Å²) in [5, 5.41) is 0. The highest BCUT2D eigenvalue weighted by molar-refractivity contribution is 5.22. The molecule has 21 heavy (non-hydrogen) atoms. The molecule has 1 aromatic rings. The van der Waals surface area contributed by atoms with Crippen molar-refractivity contribution in [3.05, 3.63) is 36.4 Å². The topological polar surface area (TPSA) is 9.23 Å². The van der Waals surface area contributed by atoms with Crippen molar-refractivity contribution in [3.63, 3.8) is 0 Å². The predicted molar refractivity (Wildman–Crippen MR) is 92.3 cm³/mol. The van der Waals surface area contributed by atoms with Crippen LogP contribution >= 0.6 is 0 Å². The molecule has 2 atom stereocenters. The number of ether oxygens (including phenoxy) is 1. The summed E-state index contributed by atoms with van der Waals surface area (Å²) in [6.07, 6.45) is 10.2. The fourth-order valence-electron chi connectivity index (χ4n) is 2.60. The first-order valence-corrected chi connectivity index (χ1v) is 8.67. The number of benzene rings is 1. The van der Waals surface area contributed by atoms with Gasteiger partial charge >= 0.3 is 0 Å². The summed E-state index contributed by atoms with van der Waals surface area (Å²) < 4.78 is 5.84. The fourth-order valence-corrected chi connectivity index (χ4v) is 2.60. The molecule has 0 aliphatic carbocycles. The Balaban J connectivity index is 2.07. The minimum atomic E-state index is 0.846. The average Bonchev–Trinajstić information content (AvgIpc) is 2.48. The van der Waals surface area contributed by atoms with Crippen LogP contribution in [0, 0.1) is 17.9 Å². The number of hydrogen-bond acceptors (Lipinski definition) is 1. The van der Waals surface area contributed by atoms with Crippen LogP contribution in [0.1, 0.15) is 72.6 Å². The van der Waals surface area contributed by atoms with Crippen molar-refractivity contribution >= 4 is 0 Å². The number of rotatable bonds is 11. The van der Waals surface area contributed by atoms with E-state index in [1.807, 2.05) is 30.3 Å². The Morgan fingerprint density at radius 3 is 2.24 bits per heavy atom. The average molecular weight is 289 g/mol. The maximum atomic E-state index is 5.84. The molecule has 1 nitrogen and oxygen atoms in total. The van der Waals surface area contributed by atoms with Gasteiger partial charge in [-0.1, -0.05) is 71.1 Å². The first-order valence-electron chi connectivity index (χ1n) is 8.67. The summed E-state index contributed by atoms with van der Waals surface area (Å²) in [7, 11) is 0. The fraction of sp³-hybridized carbons (Fsp3) is 0.650. The summed E-state index contributed by atoms with van der Waals surface area (Å²) in [5.41, 5.74) is 0. The Kier molecular flexibility index (Phi) is 9.21. The molecule has 0 spiro atoms. The first kappa shape index (κ1) is 18.1. The molecule has 1 rings (SSSR count). The van der Waals surface area contributed by atoms with Crippen LogP contribution in [0.5, 0.6) is 5.75 Å². The van der Waals surface area contributed by atoms with Crippen molar-refractivity contribution in [3.8, 4) is 5.75 Å². The zero-order chi connectivity index (χ0) is 15.5. The van der Waals surface area contributed by atoms with Gasteiger partial charge in [-0.2, -0.15) is 0 Å². The highest BCUT2D eigenvalue weighted by Gasteiger charge is 2.08. The standard InChI is InChI=1S/C20H33O/c1-5-17(2)11-9-12-18(3)13-10-14-19(4)21-20-15-7-6-8-16-20/h6-8,15-18H,5,9-14H2,1-4H3. The molecule has 2 unspecified atom stereocenters. The van der Waals surface area contributed by atoms with E-state index in [0.717, 1.165) is 30.1 Å². The Bertz CT molecular complexity index is 346. The molecule has 1 heteroatoms. The second-order valence-electron chi connectivity index (χ2n) is 6.56. The molecule has 0 saturated carbocycles. The van der Waals surface area contributed by atoms with Gasteiger partial charge in [0.25, 0.3) is 0 Å². The third kappa shape index (κ3) is 8.80. The van der Waals surface area contributed by atoms with E-state index in [2.05, 4.69) is 27.7 Å². The quantitative estimate of drug-likeness (QED) is 0.443. The minimum Gasteiger partial charge on any atom is -0.483 e. The molecular weight excluding hydrogens is 256 g/mol. The molecule has 0 aliphatic rings. The van der Waals surface area contributed by atoms with Gasteiger partial charge in [0.1, 0.15) is 11.9 Å². The van der Waals surface area contributed by atoms with Crippen LogP contribution in [0.25, 0.3) is 0 Å². The van der Waals surface area contributed by atoms with Crippen molar-refractivity contribution in [1.29, 1.82) is 0 Å². The number of para-hydroxylation sites is 1. The van der Waals surface area contributed by atoms with Crippen LogP contribution in [0.3, 0.4) is 0 Å². The summed E-state index contributed by atoms with van der Waals surface area (Å²) >= 11 is 0. The highest BCUT2D eigenvalue weighted by atomic mass is 16.5. The largest absolute Gasteiger partial charge is 0.483 e. The van der Waals surface area contributed by atoms with Gasteiger partial charge in [-0.15, -0.1) is 0 Å². The third-order valence-electron chi connectivity index (χ3n) is 4.35. The highest BCUT2D eigenvalue weighted by Crippen LogP contribution is 2.22. The van der Waals surface area contributed by atoms with Crippen LogP contribution in [0.2, 0.25) is 0 Å². The predicted octanol–water partition coefficient (Wildman–Crippen LogP) is 6.64. The minimum absolute atomic E-state index is 0.846. The van der Waals surface area contributed by atoms with Crippen molar-refractivity contribution in [2.24, 2.45) is 11.8 Å². The van der Waals surface area contributed by atoms with E-state index in [0.29, 0.717) is 0 Å². The smallest absolute Gasteiger partial charge is 0.145 e. The van der Waals surface area contributed by atoms with Crippen molar-refractivity contribution < 1.29 is 4.74 Å². The van der Waals surface area contributed by atoms with E-state index in [4.69, 9.17) is 4.74 Å². The second-order valence-corrected chi connectivity index (χ2v) is 6.56. The molecule has 0 bridgehead atoms. The molecule has 1 radical (unpaired) electrons. The number of hydrogen-bond donors (Lipinski definition) is 0. The monoisotopic (exact) mass is 289 g/mol. The van der Waals surface area contributed by atoms with Crippen LogP contribution in [-0.2, 0) is 0 Å². The molecule has 1 aromatic carbocycles. The molecule has 0 fully saturated rings. The van der Waals surface area contributed by atoms with E-state index in [9.17, 15) is 0 Å². The summed E-state index contributed by atoms with van der Waals surface area (Å²) in [6.45, 7) is 9.15. The van der Waals surface area contributed by atoms with Gasteiger partial charge < -0.3 is 4.74 Å². The molecule has 0 N–H and O–H groups in total. The van der Waals surface area contributed by atoms with E-state index < -0.39 is 0 Å². The van der Waals surface area contributed by atoms with Gasteiger partial charge in [0.2, 0.25) is 0 Å². The Hall–Kier alpha value is -0.980. The Labute approximate surface area is 132 Å². The molecule has 119 valence electrons. The lowest BCUT2D eigenvalue weighted by atomic mass is 9.94. The van der Waals surface area contributed by atoms with Crippen LogP contribution in [0.4, 0.5) is 0 Å². The molecule has 0 saturated heterocycles. The third-order valence-corrected chi connectivity index (χ3v) is 4.35. The van der Waals surface area contributed by atoms with Crippen LogP contribution in [0.15, 0.2) is 30.3 Å². The van der Waals surface area contributed by atoms with E-state index in [1.54, 1.807) is 0 Å². The summed E-state index contributed by atoms with van der Waals surface area (Å²) in [4.78, 5) is 0. The van der Waals surface area contributed by atoms with Crippen molar-refractivity contribution in [2.45, 2.75) is 72.6 Å². The van der Waals surface area contributed by atoms with E-state index in [-0.39, 0.29) is 0 Å². The van der Waals surface area contributed by atoms with Gasteiger partial charge in [0, 0.05) is 0 Å². The lowest BCUT2D eigenvalue weighted by Crippen LogP contribution is -2.04. The maximum absolute atomic E-state index is 5.84. The summed E-state index contributed by atoms with van der Waals surface area (Å²) in [6, 6.07) is 10.1. The second kappa shape index (κ2) is 10.7. The zero-order valence-corrected chi connectivity index (χ0v) is 14.4. The van der Waals surface area contributed by atoms with Gasteiger partial charge in [0.05, 0.1) is 0 Å². The first-order chi connectivity index (χ1) is 10.1. The van der Waals surface area contributed by atoms with Gasteiger partial charge in [-0.05, 0) is 43.7 Å². The molecule has 0 heterocycles. The van der Waals surface area contributed by atoms with E-state index >= 15 is 0 Å². The Morgan fingerprint density at radius 1 is 0.952 bits per heavy atom. The zero-order valence-electron chi connectivity index (χ0n) is 14.4. The van der Waals surface area contributed by atoms with E-state index in [1.165, 1.54) is 38.5 Å². The van der Waals surface area contributed by atoms with Crippen molar-refractivity contribution in [1.82, 2.24) is 0 Å². The van der Waals surface area contributed by atoms with Gasteiger partial charge in [-0.3, -0.25) is 0 Å². The van der Waals surface area contributed by atoms with Crippen molar-refractivity contribution in [2.75, 3.05) is 0 Å². The maximum Gasteiger partial charge on any atom is 0.145 e. The van der Waals surface area contributed by atoms with Gasteiger partial charge in [-0.25, -0.2) is 0 Å². The lowest BCUT2D eigenvalue weighted by molar-refractivity contribution is 0.304. The van der Waals surface area contributed by atoms with Gasteiger partial charge in [0.15, 0.2) is 0 Å². The van der Waals surface area contributed by atoms with Crippen LogP contribution < -0.4 is 4.74 Å². The Morgan fingerprint density at radius 2 is 1.57 bits per heavy atom. The molecule has 0 aromatic heterocycles. The normalized spacial score (nSPS) is 14.1. The van der Waals surface area contributed by atoms with Crippen LogP contribution in [-0.4, -0.2) is 0 Å². The molecular formula is C20H33O. The summed E-state index contributed by atoms with van der Waals surface area (Å²) in [5.74, 6) is 2.70. The molecule has 0 aliphatic heterocycles.